The Hall–Kier alpha value is -4.13. The standard InChI is InChI=1S/C28H18Cl2N2O4/c1-16-9-14-20(15-22(16)29)32-26(33)24(30)25(27(32)34)31-19-12-10-18(11-13-19)28(35)36-23-8-4-6-17-5-2-3-7-21(17)23/h2-15,31H,1H3. The van der Waals surface area contributed by atoms with Crippen molar-refractivity contribution in [2.75, 3.05) is 10.2 Å². The minimum Gasteiger partial charge on any atom is -0.422 e. The number of amides is 2. The summed E-state index contributed by atoms with van der Waals surface area (Å²) >= 11 is 12.4. The van der Waals surface area contributed by atoms with E-state index in [0.29, 0.717) is 27.7 Å². The number of esters is 1. The van der Waals surface area contributed by atoms with Gasteiger partial charge in [0.1, 0.15) is 16.5 Å². The van der Waals surface area contributed by atoms with E-state index in [1.807, 2.05) is 43.3 Å². The summed E-state index contributed by atoms with van der Waals surface area (Å²) in [5.74, 6) is -1.32. The molecule has 0 saturated heterocycles. The molecule has 0 saturated carbocycles. The van der Waals surface area contributed by atoms with Crippen LogP contribution < -0.4 is 15.0 Å². The molecule has 178 valence electrons. The summed E-state index contributed by atoms with van der Waals surface area (Å²) in [6, 6.07) is 24.3. The van der Waals surface area contributed by atoms with E-state index in [2.05, 4.69) is 5.32 Å². The lowest BCUT2D eigenvalue weighted by Crippen LogP contribution is -2.32. The fourth-order valence-electron chi connectivity index (χ4n) is 3.84. The zero-order valence-corrected chi connectivity index (χ0v) is 20.4. The second-order valence-electron chi connectivity index (χ2n) is 8.14. The molecule has 0 unspecified atom stereocenters. The molecule has 4 aromatic carbocycles. The first-order chi connectivity index (χ1) is 17.3. The number of nitrogens with zero attached hydrogens (tertiary/aromatic N) is 1. The highest BCUT2D eigenvalue weighted by molar-refractivity contribution is 6.53. The van der Waals surface area contributed by atoms with E-state index in [9.17, 15) is 14.4 Å². The molecule has 1 aliphatic rings. The average molecular weight is 517 g/mol. The van der Waals surface area contributed by atoms with Crippen molar-refractivity contribution < 1.29 is 19.1 Å². The maximum Gasteiger partial charge on any atom is 0.343 e. The van der Waals surface area contributed by atoms with E-state index in [1.54, 1.807) is 42.5 Å². The van der Waals surface area contributed by atoms with Gasteiger partial charge in [-0.25, -0.2) is 9.69 Å². The second kappa shape index (κ2) is 9.49. The van der Waals surface area contributed by atoms with Crippen LogP contribution in [-0.2, 0) is 9.59 Å². The summed E-state index contributed by atoms with van der Waals surface area (Å²) in [7, 11) is 0. The Morgan fingerprint density at radius 3 is 2.33 bits per heavy atom. The molecule has 0 bridgehead atoms. The third-order valence-electron chi connectivity index (χ3n) is 5.78. The topological polar surface area (TPSA) is 75.7 Å². The van der Waals surface area contributed by atoms with Crippen LogP contribution in [0.3, 0.4) is 0 Å². The number of anilines is 2. The van der Waals surface area contributed by atoms with Gasteiger partial charge < -0.3 is 10.1 Å². The summed E-state index contributed by atoms with van der Waals surface area (Å²) in [6.07, 6.45) is 0. The van der Waals surface area contributed by atoms with Gasteiger partial charge in [-0.3, -0.25) is 9.59 Å². The molecule has 4 aromatic rings. The highest BCUT2D eigenvalue weighted by Gasteiger charge is 2.39. The zero-order chi connectivity index (χ0) is 25.4. The number of halogens is 2. The molecule has 0 spiro atoms. The van der Waals surface area contributed by atoms with Crippen molar-refractivity contribution in [3.8, 4) is 5.75 Å². The van der Waals surface area contributed by atoms with Crippen LogP contribution in [0.15, 0.2) is 95.7 Å². The van der Waals surface area contributed by atoms with Gasteiger partial charge in [0.15, 0.2) is 0 Å². The highest BCUT2D eigenvalue weighted by atomic mass is 35.5. The SMILES string of the molecule is Cc1ccc(N2C(=O)C(Cl)=C(Nc3ccc(C(=O)Oc4cccc5ccccc45)cc3)C2=O)cc1Cl. The van der Waals surface area contributed by atoms with Crippen LogP contribution in [0.4, 0.5) is 11.4 Å². The fraction of sp³-hybridized carbons (Fsp3) is 0.0357. The highest BCUT2D eigenvalue weighted by Crippen LogP contribution is 2.32. The quantitative estimate of drug-likeness (QED) is 0.187. The minimum atomic E-state index is -0.653. The molecule has 1 N–H and O–H groups in total. The molecule has 0 aliphatic carbocycles. The van der Waals surface area contributed by atoms with Crippen molar-refractivity contribution in [3.63, 3.8) is 0 Å². The molecular formula is C28H18Cl2N2O4. The molecule has 0 radical (unpaired) electrons. The van der Waals surface area contributed by atoms with Crippen LogP contribution >= 0.6 is 23.2 Å². The molecule has 5 rings (SSSR count). The number of benzene rings is 4. The number of hydrogen-bond acceptors (Lipinski definition) is 5. The predicted octanol–water partition coefficient (Wildman–Crippen LogP) is 6.46. The first kappa shape index (κ1) is 23.6. The summed E-state index contributed by atoms with van der Waals surface area (Å²) < 4.78 is 5.61. The lowest BCUT2D eigenvalue weighted by Gasteiger charge is -2.16. The first-order valence-electron chi connectivity index (χ1n) is 11.0. The number of ether oxygens (including phenoxy) is 1. The molecule has 0 aromatic heterocycles. The van der Waals surface area contributed by atoms with Gasteiger partial charge in [0.2, 0.25) is 0 Å². The summed E-state index contributed by atoms with van der Waals surface area (Å²) in [6.45, 7) is 1.82. The Morgan fingerprint density at radius 1 is 0.861 bits per heavy atom. The molecule has 1 heterocycles. The van der Waals surface area contributed by atoms with Crippen molar-refractivity contribution in [2.45, 2.75) is 6.92 Å². The monoisotopic (exact) mass is 516 g/mol. The minimum absolute atomic E-state index is 0.0653. The molecule has 1 aliphatic heterocycles. The molecule has 36 heavy (non-hydrogen) atoms. The van der Waals surface area contributed by atoms with Gasteiger partial charge >= 0.3 is 5.97 Å². The number of aryl methyl sites for hydroxylation is 1. The molecule has 2 amide bonds. The van der Waals surface area contributed by atoms with Crippen LogP contribution in [-0.4, -0.2) is 17.8 Å². The van der Waals surface area contributed by atoms with Gasteiger partial charge in [0, 0.05) is 16.1 Å². The van der Waals surface area contributed by atoms with E-state index in [0.717, 1.165) is 21.2 Å². The Balaban J connectivity index is 1.32. The van der Waals surface area contributed by atoms with Crippen LogP contribution in [0.25, 0.3) is 10.8 Å². The van der Waals surface area contributed by atoms with Gasteiger partial charge in [-0.1, -0.05) is 65.7 Å². The van der Waals surface area contributed by atoms with E-state index in [1.165, 1.54) is 6.07 Å². The number of hydrogen-bond donors (Lipinski definition) is 1. The number of fused-ring (bicyclic) bond motifs is 1. The van der Waals surface area contributed by atoms with Gasteiger partial charge in [-0.15, -0.1) is 0 Å². The van der Waals surface area contributed by atoms with Crippen molar-refractivity contribution in [1.82, 2.24) is 0 Å². The van der Waals surface area contributed by atoms with Crippen molar-refractivity contribution >= 4 is 63.1 Å². The number of carbonyl (C=O) groups is 3. The van der Waals surface area contributed by atoms with Crippen LogP contribution in [0.2, 0.25) is 5.02 Å². The lowest BCUT2D eigenvalue weighted by atomic mass is 10.1. The smallest absolute Gasteiger partial charge is 0.343 e. The molecule has 6 nitrogen and oxygen atoms in total. The third kappa shape index (κ3) is 4.33. The summed E-state index contributed by atoms with van der Waals surface area (Å²) in [5.41, 5.74) is 1.86. The summed E-state index contributed by atoms with van der Waals surface area (Å²) in [4.78, 5) is 39.4. The Bertz CT molecular complexity index is 1570. The fourth-order valence-corrected chi connectivity index (χ4v) is 4.23. The van der Waals surface area contributed by atoms with Crippen LogP contribution in [0, 0.1) is 6.92 Å². The van der Waals surface area contributed by atoms with Crippen molar-refractivity contribution in [3.05, 3.63) is 112 Å². The summed E-state index contributed by atoms with van der Waals surface area (Å²) in [5, 5.41) is 4.87. The van der Waals surface area contributed by atoms with Crippen LogP contribution in [0.1, 0.15) is 15.9 Å². The van der Waals surface area contributed by atoms with E-state index in [4.69, 9.17) is 27.9 Å². The molecule has 0 fully saturated rings. The zero-order valence-electron chi connectivity index (χ0n) is 18.9. The van der Waals surface area contributed by atoms with Crippen molar-refractivity contribution in [1.29, 1.82) is 0 Å². The number of carbonyl (C=O) groups excluding carboxylic acids is 3. The Morgan fingerprint density at radius 2 is 1.58 bits per heavy atom. The van der Waals surface area contributed by atoms with E-state index < -0.39 is 17.8 Å². The lowest BCUT2D eigenvalue weighted by molar-refractivity contribution is -0.120. The van der Waals surface area contributed by atoms with E-state index in [-0.39, 0.29) is 10.7 Å². The first-order valence-corrected chi connectivity index (χ1v) is 11.7. The number of nitrogens with one attached hydrogen (secondary N) is 1. The second-order valence-corrected chi connectivity index (χ2v) is 8.92. The predicted molar refractivity (Wildman–Crippen MR) is 141 cm³/mol. The maximum atomic E-state index is 13.0. The van der Waals surface area contributed by atoms with Gasteiger partial charge in [-0.2, -0.15) is 0 Å². The normalized spacial score (nSPS) is 13.5. The third-order valence-corrected chi connectivity index (χ3v) is 6.54. The largest absolute Gasteiger partial charge is 0.422 e. The average Bonchev–Trinajstić information content (AvgIpc) is 3.09. The van der Waals surface area contributed by atoms with Gasteiger partial charge in [-0.05, 0) is 60.3 Å². The van der Waals surface area contributed by atoms with Gasteiger partial charge in [0.25, 0.3) is 11.8 Å². The van der Waals surface area contributed by atoms with Crippen molar-refractivity contribution in [2.24, 2.45) is 0 Å². The van der Waals surface area contributed by atoms with Crippen LogP contribution in [0.5, 0.6) is 5.75 Å². The molecular weight excluding hydrogens is 499 g/mol. The molecule has 0 atom stereocenters. The van der Waals surface area contributed by atoms with Gasteiger partial charge in [0.05, 0.1) is 11.3 Å². The number of imide groups is 1. The molecule has 8 heteroatoms. The van der Waals surface area contributed by atoms with E-state index >= 15 is 0 Å². The maximum absolute atomic E-state index is 13.0. The Labute approximate surface area is 216 Å². The number of rotatable bonds is 5. The Kier molecular flexibility index (Phi) is 6.22.